The predicted molar refractivity (Wildman–Crippen MR) is 122 cm³/mol. The van der Waals surface area contributed by atoms with E-state index < -0.39 is 0 Å². The molecule has 0 spiro atoms. The van der Waals surface area contributed by atoms with Crippen molar-refractivity contribution in [1.82, 2.24) is 19.2 Å². The largest absolute Gasteiger partial charge is 0.487 e. The van der Waals surface area contributed by atoms with Gasteiger partial charge in [0.15, 0.2) is 0 Å². The van der Waals surface area contributed by atoms with Crippen molar-refractivity contribution in [2.24, 2.45) is 0 Å². The fourth-order valence-corrected chi connectivity index (χ4v) is 3.42. The lowest BCUT2D eigenvalue weighted by Gasteiger charge is -2.09. The highest BCUT2D eigenvalue weighted by molar-refractivity contribution is 6.04. The van der Waals surface area contributed by atoms with Crippen molar-refractivity contribution in [3.63, 3.8) is 0 Å². The zero-order valence-corrected chi connectivity index (χ0v) is 17.3. The van der Waals surface area contributed by atoms with Crippen LogP contribution in [0.3, 0.4) is 0 Å². The SMILES string of the molecule is O=C(Nc1cccc(OCc2cn3ccccc3n2)c1)c1ccc(Cn2cccn2)cc1. The van der Waals surface area contributed by atoms with Crippen molar-refractivity contribution in [1.29, 1.82) is 0 Å². The van der Waals surface area contributed by atoms with Gasteiger partial charge in [0.05, 0.1) is 12.2 Å². The van der Waals surface area contributed by atoms with Crippen LogP contribution in [0.25, 0.3) is 5.65 Å². The Morgan fingerprint density at radius 2 is 1.88 bits per heavy atom. The molecule has 0 radical (unpaired) electrons. The maximum absolute atomic E-state index is 12.7. The minimum atomic E-state index is -0.173. The van der Waals surface area contributed by atoms with Crippen LogP contribution in [0.4, 0.5) is 5.69 Å². The van der Waals surface area contributed by atoms with E-state index in [2.05, 4.69) is 15.4 Å². The molecule has 0 bridgehead atoms. The normalized spacial score (nSPS) is 10.9. The minimum Gasteiger partial charge on any atom is -0.487 e. The summed E-state index contributed by atoms with van der Waals surface area (Å²) < 4.78 is 9.67. The molecule has 3 heterocycles. The van der Waals surface area contributed by atoms with Crippen molar-refractivity contribution in [2.45, 2.75) is 13.2 Å². The highest BCUT2D eigenvalue weighted by Crippen LogP contribution is 2.20. The Morgan fingerprint density at radius 1 is 0.969 bits per heavy atom. The summed E-state index contributed by atoms with van der Waals surface area (Å²) in [6.45, 7) is 1.01. The molecule has 0 atom stereocenters. The summed E-state index contributed by atoms with van der Waals surface area (Å²) in [5.74, 6) is 0.488. The minimum absolute atomic E-state index is 0.173. The Morgan fingerprint density at radius 3 is 2.69 bits per heavy atom. The number of ether oxygens (including phenoxy) is 1. The molecule has 0 fully saturated rings. The van der Waals surface area contributed by atoms with Crippen LogP contribution in [0.1, 0.15) is 21.6 Å². The van der Waals surface area contributed by atoms with E-state index in [1.165, 1.54) is 0 Å². The number of benzene rings is 2. The molecule has 0 saturated carbocycles. The first-order valence-corrected chi connectivity index (χ1v) is 10.3. The lowest BCUT2D eigenvalue weighted by molar-refractivity contribution is 0.102. The standard InChI is InChI=1S/C25H21N5O2/c31-25(20-10-8-19(9-11-20)16-30-14-4-12-26-30)28-21-5-3-6-23(15-21)32-18-22-17-29-13-2-1-7-24(29)27-22/h1-15,17H,16,18H2,(H,28,31). The third kappa shape index (κ3) is 4.52. The van der Waals surface area contributed by atoms with Crippen LogP contribution in [0.15, 0.2) is 97.6 Å². The third-order valence-electron chi connectivity index (χ3n) is 5.01. The number of aromatic nitrogens is 4. The average molecular weight is 423 g/mol. The number of carbonyl (C=O) groups is 1. The first kappa shape index (κ1) is 19.6. The topological polar surface area (TPSA) is 73.4 Å². The van der Waals surface area contributed by atoms with Gasteiger partial charge in [0, 0.05) is 42.1 Å². The molecular weight excluding hydrogens is 402 g/mol. The summed E-state index contributed by atoms with van der Waals surface area (Å²) in [6, 6.07) is 22.6. The van der Waals surface area contributed by atoms with Crippen LogP contribution in [-0.4, -0.2) is 25.1 Å². The Hall–Kier alpha value is -4.39. The predicted octanol–water partition coefficient (Wildman–Crippen LogP) is 4.41. The molecule has 5 rings (SSSR count). The monoisotopic (exact) mass is 423 g/mol. The molecule has 2 aromatic carbocycles. The number of pyridine rings is 1. The summed E-state index contributed by atoms with van der Waals surface area (Å²) in [7, 11) is 0. The van der Waals surface area contributed by atoms with Crippen molar-refractivity contribution in [3.8, 4) is 5.75 Å². The van der Waals surface area contributed by atoms with Gasteiger partial charge in [0.25, 0.3) is 5.91 Å². The van der Waals surface area contributed by atoms with E-state index in [1.807, 2.05) is 94.4 Å². The van der Waals surface area contributed by atoms with Gasteiger partial charge in [-0.1, -0.05) is 24.3 Å². The van der Waals surface area contributed by atoms with E-state index in [1.54, 1.807) is 12.3 Å². The van der Waals surface area contributed by atoms with Gasteiger partial charge in [-0.15, -0.1) is 0 Å². The second kappa shape index (κ2) is 8.77. The number of carbonyl (C=O) groups excluding carboxylic acids is 1. The van der Waals surface area contributed by atoms with Crippen molar-refractivity contribution in [3.05, 3.63) is 114 Å². The molecule has 0 aliphatic carbocycles. The molecule has 0 aliphatic heterocycles. The summed E-state index contributed by atoms with van der Waals surface area (Å²) in [4.78, 5) is 17.2. The summed E-state index contributed by atoms with van der Waals surface area (Å²) in [5, 5.41) is 7.13. The van der Waals surface area contributed by atoms with Crippen molar-refractivity contribution < 1.29 is 9.53 Å². The molecule has 0 aliphatic rings. The third-order valence-corrected chi connectivity index (χ3v) is 5.01. The number of fused-ring (bicyclic) bond motifs is 1. The van der Waals surface area contributed by atoms with E-state index in [0.29, 0.717) is 30.2 Å². The van der Waals surface area contributed by atoms with Gasteiger partial charge < -0.3 is 14.5 Å². The van der Waals surface area contributed by atoms with Crippen LogP contribution < -0.4 is 10.1 Å². The van der Waals surface area contributed by atoms with Crippen LogP contribution >= 0.6 is 0 Å². The fraction of sp³-hybridized carbons (Fsp3) is 0.0800. The molecule has 7 nitrogen and oxygen atoms in total. The molecule has 0 unspecified atom stereocenters. The number of amides is 1. The highest BCUT2D eigenvalue weighted by atomic mass is 16.5. The van der Waals surface area contributed by atoms with E-state index >= 15 is 0 Å². The van der Waals surface area contributed by atoms with E-state index in [0.717, 1.165) is 16.9 Å². The van der Waals surface area contributed by atoms with Crippen molar-refractivity contribution >= 4 is 17.2 Å². The van der Waals surface area contributed by atoms with E-state index in [-0.39, 0.29) is 5.91 Å². The zero-order valence-electron chi connectivity index (χ0n) is 17.3. The second-order valence-corrected chi connectivity index (χ2v) is 7.37. The van der Waals surface area contributed by atoms with Crippen LogP contribution in [0.2, 0.25) is 0 Å². The second-order valence-electron chi connectivity index (χ2n) is 7.37. The maximum atomic E-state index is 12.7. The van der Waals surface area contributed by atoms with Gasteiger partial charge in [0.1, 0.15) is 18.0 Å². The first-order chi connectivity index (χ1) is 15.7. The molecule has 0 saturated heterocycles. The molecule has 32 heavy (non-hydrogen) atoms. The quantitative estimate of drug-likeness (QED) is 0.421. The number of hydrogen-bond donors (Lipinski definition) is 1. The number of nitrogens with one attached hydrogen (secondary N) is 1. The van der Waals surface area contributed by atoms with Crippen molar-refractivity contribution in [2.75, 3.05) is 5.32 Å². The Kier molecular flexibility index (Phi) is 5.36. The highest BCUT2D eigenvalue weighted by Gasteiger charge is 2.08. The molecule has 3 aromatic heterocycles. The average Bonchev–Trinajstić information content (AvgIpc) is 3.48. The maximum Gasteiger partial charge on any atom is 0.255 e. The lowest BCUT2D eigenvalue weighted by Crippen LogP contribution is -2.12. The van der Waals surface area contributed by atoms with Crippen LogP contribution in [0, 0.1) is 0 Å². The molecule has 1 N–H and O–H groups in total. The molecule has 158 valence electrons. The van der Waals surface area contributed by atoms with E-state index in [9.17, 15) is 4.79 Å². The van der Waals surface area contributed by atoms with Gasteiger partial charge in [-0.05, 0) is 48.0 Å². The molecular formula is C25H21N5O2. The summed E-state index contributed by atoms with van der Waals surface area (Å²) in [6.07, 6.45) is 7.55. The van der Waals surface area contributed by atoms with Gasteiger partial charge >= 0.3 is 0 Å². The number of anilines is 1. The molecule has 5 aromatic rings. The lowest BCUT2D eigenvalue weighted by atomic mass is 10.1. The van der Waals surface area contributed by atoms with Gasteiger partial charge in [0.2, 0.25) is 0 Å². The Balaban J connectivity index is 1.20. The smallest absolute Gasteiger partial charge is 0.255 e. The van der Waals surface area contributed by atoms with Crippen LogP contribution in [0.5, 0.6) is 5.75 Å². The summed E-state index contributed by atoms with van der Waals surface area (Å²) in [5.41, 5.74) is 4.05. The summed E-state index contributed by atoms with van der Waals surface area (Å²) >= 11 is 0. The number of rotatable bonds is 7. The first-order valence-electron chi connectivity index (χ1n) is 10.3. The Labute approximate surface area is 184 Å². The number of nitrogens with zero attached hydrogens (tertiary/aromatic N) is 4. The molecule has 7 heteroatoms. The zero-order chi connectivity index (χ0) is 21.8. The van der Waals surface area contributed by atoms with Gasteiger partial charge in [-0.2, -0.15) is 5.10 Å². The van der Waals surface area contributed by atoms with E-state index in [4.69, 9.17) is 4.74 Å². The molecule has 1 amide bonds. The fourth-order valence-electron chi connectivity index (χ4n) is 3.42. The van der Waals surface area contributed by atoms with Crippen LogP contribution in [-0.2, 0) is 13.2 Å². The number of imidazole rings is 1. The van der Waals surface area contributed by atoms with Gasteiger partial charge in [-0.3, -0.25) is 9.48 Å². The Bertz CT molecular complexity index is 1310. The van der Waals surface area contributed by atoms with Gasteiger partial charge in [-0.25, -0.2) is 4.98 Å². The number of hydrogen-bond acceptors (Lipinski definition) is 4.